The van der Waals surface area contributed by atoms with E-state index in [9.17, 15) is 9.00 Å². The standard InChI is InChI=1S/C11H24N2O2S/c1-9(2)10(3)16(15)8-11(14)13(4)7-5-6-12/h9-10H,5-8,12H2,1-4H3. The van der Waals surface area contributed by atoms with E-state index in [-0.39, 0.29) is 16.9 Å². The van der Waals surface area contributed by atoms with Gasteiger partial charge in [0.25, 0.3) is 0 Å². The number of amides is 1. The molecule has 0 fully saturated rings. The van der Waals surface area contributed by atoms with Gasteiger partial charge >= 0.3 is 0 Å². The van der Waals surface area contributed by atoms with Gasteiger partial charge in [-0.1, -0.05) is 20.8 Å². The number of carbonyl (C=O) groups is 1. The zero-order valence-electron chi connectivity index (χ0n) is 10.7. The highest BCUT2D eigenvalue weighted by Gasteiger charge is 2.19. The molecule has 1 amide bonds. The first-order valence-corrected chi connectivity index (χ1v) is 7.09. The molecule has 5 heteroatoms. The minimum absolute atomic E-state index is 0.0562. The first-order chi connectivity index (χ1) is 7.40. The normalized spacial score (nSPS) is 14.9. The lowest BCUT2D eigenvalue weighted by molar-refractivity contribution is -0.127. The van der Waals surface area contributed by atoms with Gasteiger partial charge in [-0.2, -0.15) is 0 Å². The van der Waals surface area contributed by atoms with Crippen molar-refractivity contribution in [3.8, 4) is 0 Å². The summed E-state index contributed by atoms with van der Waals surface area (Å²) in [6.45, 7) is 7.18. The number of nitrogens with zero attached hydrogens (tertiary/aromatic N) is 1. The van der Waals surface area contributed by atoms with Gasteiger partial charge in [0.05, 0.1) is 0 Å². The van der Waals surface area contributed by atoms with Gasteiger partial charge in [0.1, 0.15) is 5.75 Å². The molecule has 0 saturated carbocycles. The van der Waals surface area contributed by atoms with Gasteiger partial charge in [-0.25, -0.2) is 0 Å². The van der Waals surface area contributed by atoms with Gasteiger partial charge in [-0.05, 0) is 18.9 Å². The maximum Gasteiger partial charge on any atom is 0.234 e. The van der Waals surface area contributed by atoms with Crippen LogP contribution in [0.5, 0.6) is 0 Å². The van der Waals surface area contributed by atoms with E-state index in [0.29, 0.717) is 19.0 Å². The molecule has 0 aromatic heterocycles. The Bertz CT molecular complexity index is 244. The summed E-state index contributed by atoms with van der Waals surface area (Å²) in [6.07, 6.45) is 0.786. The topological polar surface area (TPSA) is 63.4 Å². The van der Waals surface area contributed by atoms with Gasteiger partial charge in [0, 0.05) is 29.6 Å². The smallest absolute Gasteiger partial charge is 0.234 e. The minimum atomic E-state index is -1.07. The third-order valence-electron chi connectivity index (χ3n) is 2.74. The van der Waals surface area contributed by atoms with Crippen molar-refractivity contribution in [2.24, 2.45) is 11.7 Å². The fraction of sp³-hybridized carbons (Fsp3) is 0.909. The molecule has 0 rings (SSSR count). The molecule has 0 aromatic rings. The molecule has 2 atom stereocenters. The van der Waals surface area contributed by atoms with Crippen molar-refractivity contribution in [1.82, 2.24) is 4.90 Å². The van der Waals surface area contributed by atoms with Crippen LogP contribution in [0, 0.1) is 5.92 Å². The molecule has 0 aliphatic rings. The van der Waals surface area contributed by atoms with Crippen LogP contribution < -0.4 is 5.73 Å². The largest absolute Gasteiger partial charge is 0.345 e. The van der Waals surface area contributed by atoms with E-state index in [0.717, 1.165) is 6.42 Å². The van der Waals surface area contributed by atoms with Crippen LogP contribution in [0.3, 0.4) is 0 Å². The SMILES string of the molecule is CC(C)C(C)S(=O)CC(=O)N(C)CCCN. The zero-order valence-corrected chi connectivity index (χ0v) is 11.5. The Kier molecular flexibility index (Phi) is 7.58. The van der Waals surface area contributed by atoms with E-state index in [1.807, 2.05) is 20.8 Å². The summed E-state index contributed by atoms with van der Waals surface area (Å²) in [5, 5.41) is 0.0619. The van der Waals surface area contributed by atoms with Crippen molar-refractivity contribution in [3.05, 3.63) is 0 Å². The second-order valence-electron chi connectivity index (χ2n) is 4.43. The van der Waals surface area contributed by atoms with Crippen LogP contribution in [-0.2, 0) is 15.6 Å². The van der Waals surface area contributed by atoms with Crippen LogP contribution in [0.25, 0.3) is 0 Å². The maximum absolute atomic E-state index is 11.8. The summed E-state index contributed by atoms with van der Waals surface area (Å²) in [6, 6.07) is 0. The van der Waals surface area contributed by atoms with E-state index in [4.69, 9.17) is 5.73 Å². The quantitative estimate of drug-likeness (QED) is 0.717. The van der Waals surface area contributed by atoms with Gasteiger partial charge in [-0.15, -0.1) is 0 Å². The van der Waals surface area contributed by atoms with Crippen LogP contribution in [0.15, 0.2) is 0 Å². The van der Waals surface area contributed by atoms with E-state index < -0.39 is 10.8 Å². The van der Waals surface area contributed by atoms with E-state index >= 15 is 0 Å². The molecule has 0 radical (unpaired) electrons. The summed E-state index contributed by atoms with van der Waals surface area (Å²) in [5.74, 6) is 0.405. The lowest BCUT2D eigenvalue weighted by Crippen LogP contribution is -2.35. The molecular weight excluding hydrogens is 224 g/mol. The molecule has 0 saturated heterocycles. The molecule has 0 aliphatic heterocycles. The van der Waals surface area contributed by atoms with Crippen molar-refractivity contribution >= 4 is 16.7 Å². The summed E-state index contributed by atoms with van der Waals surface area (Å²) < 4.78 is 11.8. The van der Waals surface area contributed by atoms with E-state index in [1.54, 1.807) is 11.9 Å². The van der Waals surface area contributed by atoms with Crippen molar-refractivity contribution in [2.45, 2.75) is 32.4 Å². The van der Waals surface area contributed by atoms with Crippen LogP contribution in [0.1, 0.15) is 27.2 Å². The third-order valence-corrected chi connectivity index (χ3v) is 4.65. The van der Waals surface area contributed by atoms with Gasteiger partial charge < -0.3 is 10.6 Å². The average molecular weight is 248 g/mol. The Morgan fingerprint density at radius 2 is 1.94 bits per heavy atom. The van der Waals surface area contributed by atoms with Gasteiger partial charge in [-0.3, -0.25) is 9.00 Å². The number of hydrogen-bond acceptors (Lipinski definition) is 3. The van der Waals surface area contributed by atoms with Crippen molar-refractivity contribution in [3.63, 3.8) is 0 Å². The van der Waals surface area contributed by atoms with Crippen LogP contribution in [-0.4, -0.2) is 46.2 Å². The van der Waals surface area contributed by atoms with Gasteiger partial charge in [0.15, 0.2) is 0 Å². The summed E-state index contributed by atoms with van der Waals surface area (Å²) in [5.41, 5.74) is 5.37. The third kappa shape index (κ3) is 5.61. The molecular formula is C11H24N2O2S. The summed E-state index contributed by atoms with van der Waals surface area (Å²) in [4.78, 5) is 13.3. The Balaban J connectivity index is 4.08. The maximum atomic E-state index is 11.8. The molecule has 0 heterocycles. The van der Waals surface area contributed by atoms with Crippen LogP contribution >= 0.6 is 0 Å². The second-order valence-corrected chi connectivity index (χ2v) is 6.23. The van der Waals surface area contributed by atoms with Gasteiger partial charge in [0.2, 0.25) is 5.91 Å². The molecule has 2 N–H and O–H groups in total. The number of carbonyl (C=O) groups excluding carboxylic acids is 1. The first-order valence-electron chi connectivity index (χ1n) is 5.71. The number of nitrogens with two attached hydrogens (primary N) is 1. The highest BCUT2D eigenvalue weighted by atomic mass is 32.2. The summed E-state index contributed by atoms with van der Waals surface area (Å²) >= 11 is 0. The highest BCUT2D eigenvalue weighted by molar-refractivity contribution is 7.86. The molecule has 0 spiro atoms. The Morgan fingerprint density at radius 1 is 1.38 bits per heavy atom. The Labute approximate surface area is 101 Å². The predicted molar refractivity (Wildman–Crippen MR) is 68.6 cm³/mol. The fourth-order valence-electron chi connectivity index (χ4n) is 1.12. The predicted octanol–water partition coefficient (Wildman–Crippen LogP) is 0.587. The molecule has 96 valence electrons. The second kappa shape index (κ2) is 7.79. The lowest BCUT2D eigenvalue weighted by atomic mass is 10.2. The molecule has 0 aliphatic carbocycles. The molecule has 2 unspecified atom stereocenters. The molecule has 16 heavy (non-hydrogen) atoms. The van der Waals surface area contributed by atoms with Crippen molar-refractivity contribution in [2.75, 3.05) is 25.9 Å². The summed E-state index contributed by atoms with van der Waals surface area (Å²) in [7, 11) is 0.658. The number of hydrogen-bond donors (Lipinski definition) is 1. The van der Waals surface area contributed by atoms with E-state index in [1.165, 1.54) is 0 Å². The van der Waals surface area contributed by atoms with Crippen LogP contribution in [0.4, 0.5) is 0 Å². The molecule has 4 nitrogen and oxygen atoms in total. The Hall–Kier alpha value is -0.420. The monoisotopic (exact) mass is 248 g/mol. The highest BCUT2D eigenvalue weighted by Crippen LogP contribution is 2.09. The zero-order chi connectivity index (χ0) is 12.7. The molecule has 0 aromatic carbocycles. The lowest BCUT2D eigenvalue weighted by Gasteiger charge is -2.19. The van der Waals surface area contributed by atoms with Crippen molar-refractivity contribution in [1.29, 1.82) is 0 Å². The fourth-order valence-corrected chi connectivity index (χ4v) is 2.45. The van der Waals surface area contributed by atoms with Crippen molar-refractivity contribution < 1.29 is 9.00 Å². The van der Waals surface area contributed by atoms with E-state index in [2.05, 4.69) is 0 Å². The molecule has 0 bridgehead atoms. The average Bonchev–Trinajstić information content (AvgIpc) is 2.24. The minimum Gasteiger partial charge on any atom is -0.345 e. The Morgan fingerprint density at radius 3 is 2.38 bits per heavy atom. The van der Waals surface area contributed by atoms with Crippen LogP contribution in [0.2, 0.25) is 0 Å². The number of rotatable bonds is 7. The first kappa shape index (κ1) is 15.6.